The lowest BCUT2D eigenvalue weighted by Crippen LogP contribution is -2.40. The number of nitrogens with one attached hydrogen (secondary N) is 2. The van der Waals surface area contributed by atoms with Gasteiger partial charge in [0.2, 0.25) is 5.91 Å². The first-order valence-electron chi connectivity index (χ1n) is 7.46. The molecule has 21 heavy (non-hydrogen) atoms. The standard InChI is InChI=1S/C16H23N3O2/c1-12(19-8-3-4-9-19)11-17-16(21)14-6-5-7-15(10-14)18-13(2)20/h5-7,10,12H,3-4,8-9,11H2,1-2H3,(H,17,21)(H,18,20)/t12-/m1/s1. The highest BCUT2D eigenvalue weighted by molar-refractivity contribution is 5.96. The minimum Gasteiger partial charge on any atom is -0.350 e. The molecule has 0 unspecified atom stereocenters. The average molecular weight is 289 g/mol. The Balaban J connectivity index is 1.89. The van der Waals surface area contributed by atoms with Gasteiger partial charge in [0, 0.05) is 30.8 Å². The molecule has 1 aromatic rings. The molecule has 2 N–H and O–H groups in total. The van der Waals surface area contributed by atoms with Gasteiger partial charge in [-0.2, -0.15) is 0 Å². The molecule has 0 radical (unpaired) electrons. The number of rotatable bonds is 5. The van der Waals surface area contributed by atoms with Crippen LogP contribution in [-0.4, -0.2) is 42.4 Å². The van der Waals surface area contributed by atoms with Crippen LogP contribution in [0.2, 0.25) is 0 Å². The number of amides is 2. The molecule has 1 fully saturated rings. The van der Waals surface area contributed by atoms with Gasteiger partial charge in [0.1, 0.15) is 0 Å². The van der Waals surface area contributed by atoms with Crippen molar-refractivity contribution in [3.05, 3.63) is 29.8 Å². The maximum atomic E-state index is 12.2. The zero-order valence-electron chi connectivity index (χ0n) is 12.7. The van der Waals surface area contributed by atoms with Crippen molar-refractivity contribution < 1.29 is 9.59 Å². The molecule has 114 valence electrons. The lowest BCUT2D eigenvalue weighted by atomic mass is 10.2. The Labute approximate surface area is 125 Å². The lowest BCUT2D eigenvalue weighted by Gasteiger charge is -2.23. The molecule has 1 aliphatic rings. The summed E-state index contributed by atoms with van der Waals surface area (Å²) in [6.07, 6.45) is 2.49. The molecule has 0 aliphatic carbocycles. The van der Waals surface area contributed by atoms with Gasteiger partial charge in [-0.3, -0.25) is 14.5 Å². The van der Waals surface area contributed by atoms with Gasteiger partial charge in [-0.1, -0.05) is 6.07 Å². The predicted octanol–water partition coefficient (Wildman–Crippen LogP) is 1.86. The second-order valence-corrected chi connectivity index (χ2v) is 5.56. The topological polar surface area (TPSA) is 61.4 Å². The van der Waals surface area contributed by atoms with Crippen molar-refractivity contribution in [1.82, 2.24) is 10.2 Å². The summed E-state index contributed by atoms with van der Waals surface area (Å²) in [6, 6.07) is 7.34. The van der Waals surface area contributed by atoms with Gasteiger partial charge in [0.05, 0.1) is 0 Å². The maximum Gasteiger partial charge on any atom is 0.251 e. The minimum atomic E-state index is -0.143. The summed E-state index contributed by atoms with van der Waals surface area (Å²) in [4.78, 5) is 25.6. The molecule has 2 rings (SSSR count). The summed E-state index contributed by atoms with van der Waals surface area (Å²) >= 11 is 0. The van der Waals surface area contributed by atoms with Crippen LogP contribution < -0.4 is 10.6 Å². The lowest BCUT2D eigenvalue weighted by molar-refractivity contribution is -0.114. The first-order valence-corrected chi connectivity index (χ1v) is 7.46. The van der Waals surface area contributed by atoms with Gasteiger partial charge in [0.25, 0.3) is 5.91 Å². The zero-order chi connectivity index (χ0) is 15.2. The summed E-state index contributed by atoms with van der Waals surface area (Å²) < 4.78 is 0. The third kappa shape index (κ3) is 4.56. The quantitative estimate of drug-likeness (QED) is 0.870. The first-order chi connectivity index (χ1) is 10.1. The van der Waals surface area contributed by atoms with E-state index >= 15 is 0 Å². The summed E-state index contributed by atoms with van der Waals surface area (Å²) in [5.41, 5.74) is 1.21. The van der Waals surface area contributed by atoms with Crippen molar-refractivity contribution in [2.75, 3.05) is 25.0 Å². The molecule has 0 bridgehead atoms. The Hall–Kier alpha value is -1.88. The van der Waals surface area contributed by atoms with Crippen molar-refractivity contribution >= 4 is 17.5 Å². The highest BCUT2D eigenvalue weighted by Crippen LogP contribution is 2.12. The largest absolute Gasteiger partial charge is 0.350 e. The molecule has 1 aliphatic heterocycles. The van der Waals surface area contributed by atoms with E-state index in [4.69, 9.17) is 0 Å². The van der Waals surface area contributed by atoms with Crippen LogP contribution in [0.25, 0.3) is 0 Å². The Morgan fingerprint density at radius 3 is 2.67 bits per heavy atom. The Morgan fingerprint density at radius 1 is 1.29 bits per heavy atom. The normalized spacial score (nSPS) is 16.5. The average Bonchev–Trinajstić information content (AvgIpc) is 2.98. The van der Waals surface area contributed by atoms with Crippen molar-refractivity contribution in [3.63, 3.8) is 0 Å². The molecule has 5 nitrogen and oxygen atoms in total. The Kier molecular flexibility index (Phi) is 5.33. The van der Waals surface area contributed by atoms with E-state index in [1.807, 2.05) is 0 Å². The van der Waals surface area contributed by atoms with E-state index in [1.165, 1.54) is 19.8 Å². The predicted molar refractivity (Wildman–Crippen MR) is 83.3 cm³/mol. The van der Waals surface area contributed by atoms with E-state index in [0.717, 1.165) is 13.1 Å². The number of hydrogen-bond donors (Lipinski definition) is 2. The number of carbonyl (C=O) groups is 2. The number of benzene rings is 1. The molecule has 0 saturated carbocycles. The van der Waals surface area contributed by atoms with Crippen molar-refractivity contribution in [1.29, 1.82) is 0 Å². The molecular formula is C16H23N3O2. The molecule has 0 aromatic heterocycles. The van der Waals surface area contributed by atoms with Gasteiger partial charge >= 0.3 is 0 Å². The second kappa shape index (κ2) is 7.22. The van der Waals surface area contributed by atoms with Crippen LogP contribution in [-0.2, 0) is 4.79 Å². The number of hydrogen-bond acceptors (Lipinski definition) is 3. The number of likely N-dealkylation sites (tertiary alicyclic amines) is 1. The maximum absolute atomic E-state index is 12.2. The minimum absolute atomic E-state index is 0.103. The van der Waals surface area contributed by atoms with Crippen LogP contribution in [0.4, 0.5) is 5.69 Å². The second-order valence-electron chi connectivity index (χ2n) is 5.56. The van der Waals surface area contributed by atoms with Crippen LogP contribution in [0.3, 0.4) is 0 Å². The molecule has 2 amide bonds. The third-order valence-electron chi connectivity index (χ3n) is 3.77. The van der Waals surface area contributed by atoms with Crippen LogP contribution in [0.15, 0.2) is 24.3 Å². The van der Waals surface area contributed by atoms with Gasteiger partial charge in [-0.25, -0.2) is 0 Å². The van der Waals surface area contributed by atoms with E-state index < -0.39 is 0 Å². The van der Waals surface area contributed by atoms with Gasteiger partial charge in [0.15, 0.2) is 0 Å². The van der Waals surface area contributed by atoms with Crippen molar-refractivity contribution in [2.24, 2.45) is 0 Å². The van der Waals surface area contributed by atoms with Crippen LogP contribution in [0, 0.1) is 0 Å². The van der Waals surface area contributed by atoms with Crippen LogP contribution in [0.5, 0.6) is 0 Å². The van der Waals surface area contributed by atoms with E-state index in [1.54, 1.807) is 24.3 Å². The summed E-state index contributed by atoms with van der Waals surface area (Å²) in [5.74, 6) is -0.247. The monoisotopic (exact) mass is 289 g/mol. The van der Waals surface area contributed by atoms with Crippen LogP contribution >= 0.6 is 0 Å². The molecule has 1 atom stereocenters. The fourth-order valence-electron chi connectivity index (χ4n) is 2.60. The first kappa shape index (κ1) is 15.5. The molecule has 5 heteroatoms. The van der Waals surface area contributed by atoms with Gasteiger partial charge in [-0.15, -0.1) is 0 Å². The summed E-state index contributed by atoms with van der Waals surface area (Å²) in [6.45, 7) is 6.47. The van der Waals surface area contributed by atoms with Gasteiger partial charge < -0.3 is 10.6 Å². The van der Waals surface area contributed by atoms with Crippen molar-refractivity contribution in [3.8, 4) is 0 Å². The fourth-order valence-corrected chi connectivity index (χ4v) is 2.60. The van der Waals surface area contributed by atoms with Crippen LogP contribution in [0.1, 0.15) is 37.0 Å². The Bertz CT molecular complexity index is 510. The van der Waals surface area contributed by atoms with Crippen molar-refractivity contribution in [2.45, 2.75) is 32.7 Å². The Morgan fingerprint density at radius 2 is 2.00 bits per heavy atom. The fraction of sp³-hybridized carbons (Fsp3) is 0.500. The molecule has 1 heterocycles. The third-order valence-corrected chi connectivity index (χ3v) is 3.77. The summed E-state index contributed by atoms with van der Waals surface area (Å²) in [5, 5.41) is 5.65. The SMILES string of the molecule is CC(=O)Nc1cccc(C(=O)NC[C@@H](C)N2CCCC2)c1. The number of carbonyl (C=O) groups excluding carboxylic acids is 2. The highest BCUT2D eigenvalue weighted by atomic mass is 16.2. The summed E-state index contributed by atoms with van der Waals surface area (Å²) in [7, 11) is 0. The molecular weight excluding hydrogens is 266 g/mol. The highest BCUT2D eigenvalue weighted by Gasteiger charge is 2.18. The molecule has 0 spiro atoms. The van der Waals surface area contributed by atoms with E-state index in [-0.39, 0.29) is 11.8 Å². The van der Waals surface area contributed by atoms with Gasteiger partial charge in [-0.05, 0) is 51.1 Å². The smallest absolute Gasteiger partial charge is 0.251 e. The molecule has 1 aromatic carbocycles. The van der Waals surface area contributed by atoms with E-state index in [2.05, 4.69) is 22.5 Å². The molecule has 1 saturated heterocycles. The van der Waals surface area contributed by atoms with E-state index in [0.29, 0.717) is 23.8 Å². The number of nitrogens with zero attached hydrogens (tertiary/aromatic N) is 1. The number of anilines is 1. The zero-order valence-corrected chi connectivity index (χ0v) is 12.7. The van der Waals surface area contributed by atoms with E-state index in [9.17, 15) is 9.59 Å².